The zero-order valence-electron chi connectivity index (χ0n) is 29.0. The monoisotopic (exact) mass is 584 g/mol. The lowest BCUT2D eigenvalue weighted by Crippen LogP contribution is -2.41. The fraction of sp³-hybridized carbons (Fsp3) is 0.973. The highest BCUT2D eigenvalue weighted by atomic mass is 16.4. The van der Waals surface area contributed by atoms with Gasteiger partial charge >= 0.3 is 0 Å². The molecule has 4 nitrogen and oxygen atoms in total. The highest BCUT2D eigenvalue weighted by Crippen LogP contribution is 2.15. The van der Waals surface area contributed by atoms with Crippen molar-refractivity contribution >= 4 is 5.97 Å². The van der Waals surface area contributed by atoms with Gasteiger partial charge in [-0.15, -0.1) is 0 Å². The van der Waals surface area contributed by atoms with E-state index in [1.54, 1.807) is 0 Å². The molecule has 0 aromatic rings. The molecule has 0 aliphatic carbocycles. The second-order valence-corrected chi connectivity index (χ2v) is 13.6. The molecule has 1 unspecified atom stereocenters. The van der Waals surface area contributed by atoms with E-state index in [2.05, 4.69) is 27.9 Å². The zero-order valence-corrected chi connectivity index (χ0v) is 29.0. The lowest BCUT2D eigenvalue weighted by Gasteiger charge is -2.30. The summed E-state index contributed by atoms with van der Waals surface area (Å²) in [6.07, 6.45) is 39.6. The van der Waals surface area contributed by atoms with Crippen molar-refractivity contribution in [2.24, 2.45) is 0 Å². The van der Waals surface area contributed by atoms with E-state index in [9.17, 15) is 9.90 Å². The normalized spacial score (nSPS) is 12.2. The number of aliphatic carboxylic acids is 1. The smallest absolute Gasteiger partial charge is 0.0905 e. The first-order valence-corrected chi connectivity index (χ1v) is 18.5. The van der Waals surface area contributed by atoms with Crippen LogP contribution in [0.2, 0.25) is 0 Å². The maximum atomic E-state index is 9.34. The minimum atomic E-state index is -1.44. The van der Waals surface area contributed by atoms with Crippen LogP contribution < -0.4 is 5.11 Å². The van der Waals surface area contributed by atoms with E-state index in [-0.39, 0.29) is 0 Å². The number of aliphatic hydroxyl groups excluding tert-OH is 1. The number of nitrogens with zero attached hydrogens (tertiary/aromatic N) is 1. The van der Waals surface area contributed by atoms with E-state index in [0.717, 1.165) is 6.92 Å². The van der Waals surface area contributed by atoms with Crippen molar-refractivity contribution in [3.63, 3.8) is 0 Å². The third-order valence-electron chi connectivity index (χ3n) is 8.58. The van der Waals surface area contributed by atoms with Crippen molar-refractivity contribution in [1.29, 1.82) is 0 Å². The van der Waals surface area contributed by atoms with Gasteiger partial charge < -0.3 is 19.5 Å². The first-order chi connectivity index (χ1) is 19.8. The van der Waals surface area contributed by atoms with E-state index in [1.165, 1.54) is 197 Å². The van der Waals surface area contributed by atoms with Crippen LogP contribution in [0.3, 0.4) is 0 Å². The van der Waals surface area contributed by atoms with Gasteiger partial charge in [-0.05, 0) is 32.6 Å². The molecule has 0 radical (unpaired) electrons. The third-order valence-corrected chi connectivity index (χ3v) is 8.58. The minimum Gasteiger partial charge on any atom is -0.547 e. The number of rotatable bonds is 31. The fourth-order valence-electron chi connectivity index (χ4n) is 5.58. The number of carbonyl (C=O) groups is 1. The van der Waals surface area contributed by atoms with Gasteiger partial charge in [0.15, 0.2) is 0 Å². The van der Waals surface area contributed by atoms with E-state index in [1.807, 2.05) is 0 Å². The quantitative estimate of drug-likeness (QED) is 0.0652. The van der Waals surface area contributed by atoms with Crippen molar-refractivity contribution in [3.8, 4) is 0 Å². The van der Waals surface area contributed by atoms with Crippen LogP contribution in [0.25, 0.3) is 0 Å². The van der Waals surface area contributed by atoms with E-state index >= 15 is 0 Å². The van der Waals surface area contributed by atoms with Crippen LogP contribution >= 0.6 is 0 Å². The van der Waals surface area contributed by atoms with Crippen LogP contribution in [0, 0.1) is 0 Å². The van der Waals surface area contributed by atoms with Crippen LogP contribution in [-0.2, 0) is 4.79 Å². The summed E-state index contributed by atoms with van der Waals surface area (Å²) in [5, 5.41) is 17.3. The maximum Gasteiger partial charge on any atom is 0.0905 e. The Morgan fingerprint density at radius 1 is 0.488 bits per heavy atom. The van der Waals surface area contributed by atoms with E-state index < -0.39 is 12.1 Å². The predicted molar refractivity (Wildman–Crippen MR) is 179 cm³/mol. The van der Waals surface area contributed by atoms with E-state index in [0.29, 0.717) is 0 Å². The summed E-state index contributed by atoms with van der Waals surface area (Å²) in [7, 11) is 4.93. The molecule has 0 saturated heterocycles. The summed E-state index contributed by atoms with van der Waals surface area (Å²) >= 11 is 0. The van der Waals surface area contributed by atoms with Crippen molar-refractivity contribution in [3.05, 3.63) is 0 Å². The Balaban J connectivity index is 0. The van der Waals surface area contributed by atoms with Crippen LogP contribution in [-0.4, -0.2) is 48.8 Å². The van der Waals surface area contributed by atoms with Crippen molar-refractivity contribution in [2.75, 3.05) is 27.2 Å². The highest BCUT2D eigenvalue weighted by molar-refractivity contribution is 5.68. The van der Waals surface area contributed by atoms with E-state index in [4.69, 9.17) is 5.11 Å². The largest absolute Gasteiger partial charge is 0.547 e. The fourth-order valence-corrected chi connectivity index (χ4v) is 5.58. The highest BCUT2D eigenvalue weighted by Gasteiger charge is 2.13. The molecular weight excluding hydrogens is 506 g/mol. The molecule has 1 atom stereocenters. The lowest BCUT2D eigenvalue weighted by molar-refractivity contribution is -0.890. The summed E-state index contributed by atoms with van der Waals surface area (Å²) in [5.74, 6) is -1.44. The van der Waals surface area contributed by atoms with Crippen molar-refractivity contribution < 1.29 is 19.5 Å². The molecule has 0 rings (SSSR count). The Bertz CT molecular complexity index is 472. The number of carbonyl (C=O) groups excluding carboxylic acids is 1. The van der Waals surface area contributed by atoms with Crippen molar-refractivity contribution in [1.82, 2.24) is 0 Å². The Kier molecular flexibility index (Phi) is 35.1. The van der Waals surface area contributed by atoms with Gasteiger partial charge in [-0.1, -0.05) is 168 Å². The first-order valence-electron chi connectivity index (χ1n) is 18.5. The average Bonchev–Trinajstić information content (AvgIpc) is 2.93. The van der Waals surface area contributed by atoms with Crippen LogP contribution in [0.5, 0.6) is 0 Å². The van der Waals surface area contributed by atoms with Gasteiger partial charge in [0, 0.05) is 0 Å². The van der Waals surface area contributed by atoms with Gasteiger partial charge in [0.05, 0.1) is 39.3 Å². The molecule has 0 amide bonds. The van der Waals surface area contributed by atoms with Gasteiger partial charge in [0.1, 0.15) is 0 Å². The molecule has 0 aliphatic rings. The molecule has 4 heteroatoms. The summed E-state index contributed by atoms with van der Waals surface area (Å²) in [6, 6.07) is 0. The molecule has 0 aliphatic heterocycles. The number of unbranched alkanes of at least 4 members (excludes halogenated alkanes) is 26. The average molecular weight is 584 g/mol. The zero-order chi connectivity index (χ0) is 30.9. The number of aliphatic hydroxyl groups is 1. The Morgan fingerprint density at radius 2 is 0.659 bits per heavy atom. The molecule has 0 saturated carbocycles. The first kappa shape index (κ1) is 42.5. The number of carboxylic acids is 1. The second-order valence-electron chi connectivity index (χ2n) is 13.6. The minimum absolute atomic E-state index is 1.13. The van der Waals surface area contributed by atoms with Gasteiger partial charge in [0.25, 0.3) is 0 Å². The topological polar surface area (TPSA) is 60.4 Å². The van der Waals surface area contributed by atoms with Gasteiger partial charge in [-0.3, -0.25) is 0 Å². The number of hydrogen-bond acceptors (Lipinski definition) is 3. The Morgan fingerprint density at radius 3 is 0.829 bits per heavy atom. The number of quaternary nitrogens is 1. The van der Waals surface area contributed by atoms with Gasteiger partial charge in [-0.25, -0.2) is 0 Å². The Labute approximate surface area is 259 Å². The molecule has 0 spiro atoms. The SMILES string of the molecule is CC(O)C(=O)[O-].CCCCCCCCCCCCCCCC[N+](C)(C)CCCCCCCCCCCCCCCC. The molecule has 0 bridgehead atoms. The molecular formula is C37H77NO3. The number of carboxylic acid groups (broad SMARTS) is 1. The molecule has 0 aromatic heterocycles. The molecule has 1 N–H and O–H groups in total. The number of hydrogen-bond donors (Lipinski definition) is 1. The lowest BCUT2D eigenvalue weighted by atomic mass is 10.0. The molecule has 0 heterocycles. The Hall–Kier alpha value is -0.610. The standard InChI is InChI=1S/C34H72N.C3H6O3/c1-5-7-9-11-13-15-17-19-21-23-25-27-29-31-33-35(3,4)34-32-30-28-26-24-22-20-18-16-14-12-10-8-6-2;1-2(4)3(5)6/h5-34H2,1-4H3;2,4H,1H3,(H,5,6)/q+1;/p-1. The third kappa shape index (κ3) is 39.4. The van der Waals surface area contributed by atoms with Crippen LogP contribution in [0.15, 0.2) is 0 Å². The summed E-state index contributed by atoms with van der Waals surface area (Å²) in [5.41, 5.74) is 0. The molecule has 41 heavy (non-hydrogen) atoms. The van der Waals surface area contributed by atoms with Crippen LogP contribution in [0.4, 0.5) is 0 Å². The summed E-state index contributed by atoms with van der Waals surface area (Å²) in [4.78, 5) is 9.34. The molecule has 0 aromatic carbocycles. The molecule has 0 fully saturated rings. The van der Waals surface area contributed by atoms with Crippen LogP contribution in [0.1, 0.15) is 201 Å². The molecule has 248 valence electrons. The van der Waals surface area contributed by atoms with Crippen molar-refractivity contribution in [2.45, 2.75) is 207 Å². The summed E-state index contributed by atoms with van der Waals surface area (Å²) in [6.45, 7) is 8.52. The van der Waals surface area contributed by atoms with Gasteiger partial charge in [-0.2, -0.15) is 0 Å². The van der Waals surface area contributed by atoms with Gasteiger partial charge in [0.2, 0.25) is 0 Å². The maximum absolute atomic E-state index is 9.34. The predicted octanol–water partition coefficient (Wildman–Crippen LogP) is 10.1. The summed E-state index contributed by atoms with van der Waals surface area (Å²) < 4.78 is 1.25. The second kappa shape index (κ2) is 33.9.